The number of benzene rings is 1. The molecule has 1 saturated heterocycles. The van der Waals surface area contributed by atoms with Gasteiger partial charge in [0.2, 0.25) is 0 Å². The van der Waals surface area contributed by atoms with E-state index in [0.717, 1.165) is 5.56 Å². The molecule has 0 radical (unpaired) electrons. The quantitative estimate of drug-likeness (QED) is 0.912. The van der Waals surface area contributed by atoms with Crippen LogP contribution in [0.3, 0.4) is 0 Å². The second-order valence-corrected chi connectivity index (χ2v) is 6.87. The van der Waals surface area contributed by atoms with Crippen LogP contribution in [0.2, 0.25) is 0 Å². The second kappa shape index (κ2) is 5.58. The molecule has 0 spiro atoms. The fraction of sp³-hybridized carbons (Fsp3) is 0.647. The van der Waals surface area contributed by atoms with Crippen molar-refractivity contribution in [3.05, 3.63) is 22.8 Å². The summed E-state index contributed by atoms with van der Waals surface area (Å²) in [6.45, 7) is 4.52. The predicted molar refractivity (Wildman–Crippen MR) is 84.1 cm³/mol. The van der Waals surface area contributed by atoms with Crippen LogP contribution in [0.15, 0.2) is 6.07 Å². The van der Waals surface area contributed by atoms with Gasteiger partial charge in [-0.1, -0.05) is 0 Å². The molecule has 3 nitrogen and oxygen atoms in total. The van der Waals surface area contributed by atoms with Crippen molar-refractivity contribution < 1.29 is 17.9 Å². The van der Waals surface area contributed by atoms with Crippen molar-refractivity contribution in [2.24, 2.45) is 0 Å². The Hall–Kier alpha value is -1.43. The largest absolute Gasteiger partial charge is 0.496 e. The molecular formula is C17H23F3N2O. The lowest BCUT2D eigenvalue weighted by atomic mass is 9.93. The molecule has 0 bridgehead atoms. The van der Waals surface area contributed by atoms with Gasteiger partial charge in [-0.15, -0.1) is 0 Å². The van der Waals surface area contributed by atoms with E-state index in [9.17, 15) is 13.2 Å². The summed E-state index contributed by atoms with van der Waals surface area (Å²) in [5.74, 6) is -2.42. The number of fused-ring (bicyclic) bond motifs is 1. The highest BCUT2D eigenvalue weighted by Crippen LogP contribution is 2.47. The van der Waals surface area contributed by atoms with E-state index in [1.165, 1.54) is 7.11 Å². The highest BCUT2D eigenvalue weighted by Gasteiger charge is 2.44. The number of nitrogens with zero attached hydrogens (tertiary/aromatic N) is 1. The number of rotatable bonds is 3. The monoisotopic (exact) mass is 328 g/mol. The van der Waals surface area contributed by atoms with Crippen LogP contribution in [-0.2, 0) is 12.5 Å². The zero-order chi connectivity index (χ0) is 16.8. The molecule has 0 amide bonds. The Labute approximate surface area is 134 Å². The second-order valence-electron chi connectivity index (χ2n) is 6.87. The van der Waals surface area contributed by atoms with Crippen LogP contribution >= 0.6 is 0 Å². The van der Waals surface area contributed by atoms with E-state index in [2.05, 4.69) is 5.32 Å². The van der Waals surface area contributed by atoms with Gasteiger partial charge in [0, 0.05) is 30.9 Å². The number of aryl methyl sites for hydroxylation is 1. The third-order valence-electron chi connectivity index (χ3n) is 4.94. The molecule has 1 N–H and O–H groups in total. The zero-order valence-electron chi connectivity index (χ0n) is 13.8. The van der Waals surface area contributed by atoms with E-state index in [-0.39, 0.29) is 12.1 Å². The maximum absolute atomic E-state index is 14.4. The summed E-state index contributed by atoms with van der Waals surface area (Å²) in [6, 6.07) is 1.80. The fourth-order valence-electron chi connectivity index (χ4n) is 3.49. The average Bonchev–Trinajstić information content (AvgIpc) is 2.80. The van der Waals surface area contributed by atoms with E-state index < -0.39 is 11.6 Å². The minimum absolute atomic E-state index is 0.0444. The van der Waals surface area contributed by atoms with Gasteiger partial charge < -0.3 is 10.1 Å². The Bertz CT molecular complexity index is 606. The molecule has 1 fully saturated rings. The number of nitrogens with one attached hydrogen (secondary N) is 1. The van der Waals surface area contributed by atoms with E-state index in [1.807, 2.05) is 4.90 Å². The SMILES string of the molecule is COc1cc(C)c2c(c1CN1CCC(C)(F)CC1)C(F)(F)CN2. The molecule has 0 unspecified atom stereocenters. The molecule has 128 valence electrons. The lowest BCUT2D eigenvalue weighted by Gasteiger charge is -2.35. The van der Waals surface area contributed by atoms with Gasteiger partial charge in [-0.3, -0.25) is 4.90 Å². The minimum Gasteiger partial charge on any atom is -0.496 e. The molecule has 2 aliphatic heterocycles. The molecule has 6 heteroatoms. The fourth-order valence-corrected chi connectivity index (χ4v) is 3.49. The van der Waals surface area contributed by atoms with Gasteiger partial charge in [0.15, 0.2) is 0 Å². The number of methoxy groups -OCH3 is 1. The minimum atomic E-state index is -2.91. The number of alkyl halides is 3. The Kier molecular flexibility index (Phi) is 3.99. The molecule has 2 aliphatic rings. The predicted octanol–water partition coefficient (Wildman–Crippen LogP) is 3.84. The third kappa shape index (κ3) is 3.01. The average molecular weight is 328 g/mol. The summed E-state index contributed by atoms with van der Waals surface area (Å²) in [5.41, 5.74) is 0.681. The van der Waals surface area contributed by atoms with Gasteiger partial charge in [0.05, 0.1) is 19.2 Å². The topological polar surface area (TPSA) is 24.5 Å². The van der Waals surface area contributed by atoms with Crippen LogP contribution in [-0.4, -0.2) is 37.3 Å². The molecule has 23 heavy (non-hydrogen) atoms. The first-order valence-corrected chi connectivity index (χ1v) is 7.97. The van der Waals surface area contributed by atoms with Gasteiger partial charge in [-0.05, 0) is 38.3 Å². The van der Waals surface area contributed by atoms with Crippen LogP contribution in [0.25, 0.3) is 0 Å². The maximum atomic E-state index is 14.4. The Morgan fingerprint density at radius 2 is 1.91 bits per heavy atom. The standard InChI is InChI=1S/C17H23F3N2O/c1-11-8-13(23-3)12(14-15(11)21-10-17(14,19)20)9-22-6-4-16(2,18)5-7-22/h8,21H,4-7,9-10H2,1-3H3. The molecule has 0 atom stereocenters. The Morgan fingerprint density at radius 1 is 1.26 bits per heavy atom. The van der Waals surface area contributed by atoms with Crippen molar-refractivity contribution in [1.29, 1.82) is 0 Å². The van der Waals surface area contributed by atoms with Crippen molar-refractivity contribution >= 4 is 5.69 Å². The number of hydrogen-bond acceptors (Lipinski definition) is 3. The summed E-state index contributed by atoms with van der Waals surface area (Å²) < 4.78 is 48.1. The normalized spacial score (nSPS) is 22.5. The van der Waals surface area contributed by atoms with Gasteiger partial charge in [0.1, 0.15) is 11.4 Å². The summed E-state index contributed by atoms with van der Waals surface area (Å²) in [5, 5.41) is 2.82. The number of ether oxygens (including phenoxy) is 1. The van der Waals surface area contributed by atoms with Crippen LogP contribution in [0, 0.1) is 6.92 Å². The first-order chi connectivity index (χ1) is 10.7. The highest BCUT2D eigenvalue weighted by molar-refractivity contribution is 5.69. The number of piperidine rings is 1. The zero-order valence-corrected chi connectivity index (χ0v) is 13.8. The van der Waals surface area contributed by atoms with E-state index in [0.29, 0.717) is 49.5 Å². The first kappa shape index (κ1) is 16.4. The highest BCUT2D eigenvalue weighted by atomic mass is 19.3. The molecule has 1 aromatic rings. The van der Waals surface area contributed by atoms with Gasteiger partial charge in [-0.25, -0.2) is 4.39 Å². The van der Waals surface area contributed by atoms with Crippen LogP contribution in [0.1, 0.15) is 36.5 Å². The molecule has 1 aromatic carbocycles. The lowest BCUT2D eigenvalue weighted by Crippen LogP contribution is -2.40. The maximum Gasteiger partial charge on any atom is 0.292 e. The number of hydrogen-bond donors (Lipinski definition) is 1. The Morgan fingerprint density at radius 3 is 2.52 bits per heavy atom. The van der Waals surface area contributed by atoms with Crippen LogP contribution in [0.4, 0.5) is 18.9 Å². The molecule has 0 saturated carbocycles. The molecule has 0 aliphatic carbocycles. The van der Waals surface area contributed by atoms with Crippen molar-refractivity contribution in [1.82, 2.24) is 4.90 Å². The first-order valence-electron chi connectivity index (χ1n) is 7.97. The number of anilines is 1. The van der Waals surface area contributed by atoms with Crippen molar-refractivity contribution in [2.75, 3.05) is 32.1 Å². The number of halogens is 3. The van der Waals surface area contributed by atoms with Crippen molar-refractivity contribution in [2.45, 2.75) is 44.8 Å². The van der Waals surface area contributed by atoms with E-state index in [1.54, 1.807) is 19.9 Å². The van der Waals surface area contributed by atoms with Crippen LogP contribution in [0.5, 0.6) is 5.75 Å². The molecule has 2 heterocycles. The van der Waals surface area contributed by atoms with Gasteiger partial charge in [0.25, 0.3) is 5.92 Å². The van der Waals surface area contributed by atoms with Crippen molar-refractivity contribution in [3.8, 4) is 5.75 Å². The van der Waals surface area contributed by atoms with Crippen LogP contribution < -0.4 is 10.1 Å². The van der Waals surface area contributed by atoms with E-state index >= 15 is 0 Å². The Balaban J connectivity index is 1.94. The lowest BCUT2D eigenvalue weighted by molar-refractivity contribution is 0.0157. The summed E-state index contributed by atoms with van der Waals surface area (Å²) in [4.78, 5) is 2.03. The third-order valence-corrected chi connectivity index (χ3v) is 4.94. The number of likely N-dealkylation sites (tertiary alicyclic amines) is 1. The molecule has 0 aromatic heterocycles. The summed E-state index contributed by atoms with van der Waals surface area (Å²) in [6.07, 6.45) is 0.857. The smallest absolute Gasteiger partial charge is 0.292 e. The molecule has 3 rings (SSSR count). The summed E-state index contributed by atoms with van der Waals surface area (Å²) >= 11 is 0. The van der Waals surface area contributed by atoms with E-state index in [4.69, 9.17) is 4.74 Å². The van der Waals surface area contributed by atoms with Crippen molar-refractivity contribution in [3.63, 3.8) is 0 Å². The van der Waals surface area contributed by atoms with Gasteiger partial charge in [-0.2, -0.15) is 8.78 Å². The van der Waals surface area contributed by atoms with Gasteiger partial charge >= 0.3 is 0 Å². The summed E-state index contributed by atoms with van der Waals surface area (Å²) in [7, 11) is 1.50. The molecular weight excluding hydrogens is 305 g/mol.